The number of aromatic nitrogens is 2. The van der Waals surface area contributed by atoms with Crippen LogP contribution in [-0.4, -0.2) is 15.9 Å². The van der Waals surface area contributed by atoms with Gasteiger partial charge in [-0.15, -0.1) is 0 Å². The van der Waals surface area contributed by atoms with Crippen molar-refractivity contribution < 1.29 is 4.74 Å². The number of benzene rings is 4. The van der Waals surface area contributed by atoms with Crippen molar-refractivity contribution in [3.63, 3.8) is 0 Å². The van der Waals surface area contributed by atoms with E-state index >= 15 is 0 Å². The van der Waals surface area contributed by atoms with Gasteiger partial charge in [-0.2, -0.15) is 9.78 Å². The van der Waals surface area contributed by atoms with Crippen molar-refractivity contribution >= 4 is 49.0 Å². The fraction of sp³-hybridized carbons (Fsp3) is 0.0690. The normalized spacial score (nSPS) is 11.3. The summed E-state index contributed by atoms with van der Waals surface area (Å²) in [4.78, 5) is 18.1. The Bertz CT molecular complexity index is 1610. The molecule has 178 valence electrons. The number of hydrogen-bond donors (Lipinski definition) is 0. The van der Waals surface area contributed by atoms with E-state index in [0.29, 0.717) is 29.1 Å². The maximum Gasteiger partial charge on any atom is 0.282 e. The number of aryl methyl sites for hydroxylation is 1. The molecule has 0 saturated carbocycles. The topological polar surface area (TPSA) is 56.5 Å². The molecule has 0 fully saturated rings. The van der Waals surface area contributed by atoms with Crippen LogP contribution in [0.25, 0.3) is 22.3 Å². The summed E-state index contributed by atoms with van der Waals surface area (Å²) >= 11 is 7.22. The highest BCUT2D eigenvalue weighted by molar-refractivity contribution is 9.11. The monoisotopic (exact) mass is 601 g/mol. The number of para-hydroxylation sites is 1. The zero-order chi connectivity index (χ0) is 25.1. The van der Waals surface area contributed by atoms with Crippen LogP contribution < -0.4 is 10.3 Å². The second kappa shape index (κ2) is 10.6. The average molecular weight is 603 g/mol. The number of fused-ring (bicyclic) bond motifs is 1. The lowest BCUT2D eigenvalue weighted by molar-refractivity contribution is 0.302. The van der Waals surface area contributed by atoms with Crippen molar-refractivity contribution in [1.82, 2.24) is 9.66 Å². The summed E-state index contributed by atoms with van der Waals surface area (Å²) in [5.74, 6) is 1.17. The maximum absolute atomic E-state index is 13.3. The minimum atomic E-state index is -0.230. The number of ether oxygens (including phenoxy) is 1. The van der Waals surface area contributed by atoms with Crippen molar-refractivity contribution in [1.29, 1.82) is 0 Å². The van der Waals surface area contributed by atoms with Gasteiger partial charge in [-0.05, 0) is 74.2 Å². The van der Waals surface area contributed by atoms with E-state index < -0.39 is 0 Å². The smallest absolute Gasteiger partial charge is 0.282 e. The molecule has 5 aromatic rings. The van der Waals surface area contributed by atoms with Gasteiger partial charge in [-0.25, -0.2) is 4.98 Å². The van der Waals surface area contributed by atoms with E-state index in [-0.39, 0.29) is 5.56 Å². The molecule has 0 radical (unpaired) electrons. The van der Waals surface area contributed by atoms with Gasteiger partial charge in [-0.3, -0.25) is 4.79 Å². The first kappa shape index (κ1) is 24.2. The summed E-state index contributed by atoms with van der Waals surface area (Å²) in [7, 11) is 0. The van der Waals surface area contributed by atoms with Gasteiger partial charge in [0.1, 0.15) is 12.4 Å². The summed E-state index contributed by atoms with van der Waals surface area (Å²) < 4.78 is 8.95. The van der Waals surface area contributed by atoms with Gasteiger partial charge in [0.05, 0.1) is 26.1 Å². The van der Waals surface area contributed by atoms with Gasteiger partial charge in [0.2, 0.25) is 0 Å². The molecular formula is C29H21Br2N3O2. The Morgan fingerprint density at radius 1 is 0.917 bits per heavy atom. The molecule has 0 N–H and O–H groups in total. The van der Waals surface area contributed by atoms with Gasteiger partial charge in [-0.1, -0.05) is 72.3 Å². The van der Waals surface area contributed by atoms with Gasteiger partial charge in [0, 0.05) is 5.56 Å². The Labute approximate surface area is 225 Å². The molecule has 0 saturated heterocycles. The maximum atomic E-state index is 13.3. The Morgan fingerprint density at radius 3 is 2.31 bits per heavy atom. The molecule has 1 heterocycles. The quantitative estimate of drug-likeness (QED) is 0.191. The van der Waals surface area contributed by atoms with Crippen molar-refractivity contribution in [3.8, 4) is 17.1 Å². The van der Waals surface area contributed by atoms with E-state index in [1.54, 1.807) is 12.3 Å². The highest BCUT2D eigenvalue weighted by Crippen LogP contribution is 2.35. The van der Waals surface area contributed by atoms with Gasteiger partial charge >= 0.3 is 0 Å². The SMILES string of the molecule is Cc1ccc(COc2c(Br)cc(C=Nn3c(-c4ccccc4)nc4ccccc4c3=O)cc2Br)cc1. The summed E-state index contributed by atoms with van der Waals surface area (Å²) in [6.45, 7) is 2.51. The van der Waals surface area contributed by atoms with Crippen LogP contribution in [0.15, 0.2) is 110 Å². The third-order valence-corrected chi connectivity index (χ3v) is 6.81. The van der Waals surface area contributed by atoms with Crippen LogP contribution >= 0.6 is 31.9 Å². The van der Waals surface area contributed by atoms with Crippen LogP contribution in [0.1, 0.15) is 16.7 Å². The zero-order valence-electron chi connectivity index (χ0n) is 19.4. The Kier molecular flexibility index (Phi) is 7.11. The van der Waals surface area contributed by atoms with Crippen molar-refractivity contribution in [2.24, 2.45) is 5.10 Å². The average Bonchev–Trinajstić information content (AvgIpc) is 2.89. The fourth-order valence-corrected chi connectivity index (χ4v) is 5.21. The van der Waals surface area contributed by atoms with Crippen LogP contribution in [0.4, 0.5) is 0 Å². The van der Waals surface area contributed by atoms with E-state index in [9.17, 15) is 4.79 Å². The molecule has 0 atom stereocenters. The van der Waals surface area contributed by atoms with Crippen molar-refractivity contribution in [2.75, 3.05) is 0 Å². The first-order valence-electron chi connectivity index (χ1n) is 11.3. The van der Waals surface area contributed by atoms with Gasteiger partial charge in [0.25, 0.3) is 5.56 Å². The van der Waals surface area contributed by atoms with Crippen LogP contribution in [0.3, 0.4) is 0 Å². The van der Waals surface area contributed by atoms with Gasteiger partial charge < -0.3 is 4.74 Å². The number of halogens is 2. The molecule has 36 heavy (non-hydrogen) atoms. The molecule has 0 amide bonds. The fourth-order valence-electron chi connectivity index (χ4n) is 3.76. The highest BCUT2D eigenvalue weighted by Gasteiger charge is 2.13. The van der Waals surface area contributed by atoms with Gasteiger partial charge in [0.15, 0.2) is 5.82 Å². The van der Waals surface area contributed by atoms with Crippen molar-refractivity contribution in [2.45, 2.75) is 13.5 Å². The van der Waals surface area contributed by atoms with Crippen LogP contribution in [0.5, 0.6) is 5.75 Å². The number of nitrogens with zero attached hydrogens (tertiary/aromatic N) is 3. The minimum Gasteiger partial charge on any atom is -0.487 e. The predicted octanol–water partition coefficient (Wildman–Crippen LogP) is 7.36. The number of hydrogen-bond acceptors (Lipinski definition) is 4. The molecule has 4 aromatic carbocycles. The first-order valence-corrected chi connectivity index (χ1v) is 12.9. The standard InChI is InChI=1S/C29H21Br2N3O2/c1-19-11-13-20(14-12-19)18-36-27-24(30)15-21(16-25(27)31)17-32-34-28(22-7-3-2-4-8-22)33-26-10-6-5-9-23(26)29(34)35/h2-17H,18H2,1H3. The molecule has 0 aliphatic carbocycles. The third kappa shape index (κ3) is 5.17. The lowest BCUT2D eigenvalue weighted by atomic mass is 10.2. The van der Waals surface area contributed by atoms with E-state index in [4.69, 9.17) is 9.72 Å². The molecule has 0 aliphatic rings. The first-order chi connectivity index (χ1) is 17.5. The summed E-state index contributed by atoms with van der Waals surface area (Å²) in [6, 6.07) is 28.9. The molecule has 0 bridgehead atoms. The van der Waals surface area contributed by atoms with E-state index in [1.807, 2.05) is 60.7 Å². The largest absolute Gasteiger partial charge is 0.487 e. The second-order valence-electron chi connectivity index (χ2n) is 8.27. The molecule has 5 nitrogen and oxygen atoms in total. The lowest BCUT2D eigenvalue weighted by Gasteiger charge is -2.12. The Morgan fingerprint density at radius 2 is 1.58 bits per heavy atom. The summed E-state index contributed by atoms with van der Waals surface area (Å²) in [5, 5.41) is 5.06. The van der Waals surface area contributed by atoms with E-state index in [0.717, 1.165) is 25.6 Å². The van der Waals surface area contributed by atoms with Crippen LogP contribution in [-0.2, 0) is 6.61 Å². The summed E-state index contributed by atoms with van der Waals surface area (Å²) in [6.07, 6.45) is 1.64. The Balaban J connectivity index is 1.49. The number of rotatable bonds is 6. The molecule has 0 aliphatic heterocycles. The summed E-state index contributed by atoms with van der Waals surface area (Å²) in [5.41, 5.74) is 4.29. The van der Waals surface area contributed by atoms with E-state index in [1.165, 1.54) is 10.2 Å². The Hall–Kier alpha value is -3.55. The van der Waals surface area contributed by atoms with E-state index in [2.05, 4.69) is 68.2 Å². The van der Waals surface area contributed by atoms with Crippen LogP contribution in [0.2, 0.25) is 0 Å². The van der Waals surface area contributed by atoms with Crippen molar-refractivity contribution in [3.05, 3.63) is 127 Å². The molecule has 5 rings (SSSR count). The minimum absolute atomic E-state index is 0.230. The molecule has 0 spiro atoms. The second-order valence-corrected chi connectivity index (χ2v) is 9.98. The predicted molar refractivity (Wildman–Crippen MR) is 152 cm³/mol. The van der Waals surface area contributed by atoms with Crippen LogP contribution in [0, 0.1) is 6.92 Å². The third-order valence-electron chi connectivity index (χ3n) is 5.63. The lowest BCUT2D eigenvalue weighted by Crippen LogP contribution is -2.20. The molecule has 1 aromatic heterocycles. The molecule has 7 heteroatoms. The molecule has 0 unspecified atom stereocenters. The molecular weight excluding hydrogens is 582 g/mol. The zero-order valence-corrected chi connectivity index (χ0v) is 22.5. The highest BCUT2D eigenvalue weighted by atomic mass is 79.9.